The van der Waals surface area contributed by atoms with Crippen molar-refractivity contribution in [2.75, 3.05) is 99.0 Å². The normalized spacial score (nSPS) is 20.8. The molecule has 0 aliphatic heterocycles. The lowest BCUT2D eigenvalue weighted by Crippen LogP contribution is -2.62. The van der Waals surface area contributed by atoms with Crippen molar-refractivity contribution in [1.29, 1.82) is 0 Å². The van der Waals surface area contributed by atoms with Crippen LogP contribution in [0.5, 0.6) is 0 Å². The van der Waals surface area contributed by atoms with Crippen LogP contribution in [0.3, 0.4) is 0 Å². The maximum atomic E-state index is 14.1. The second-order valence-electron chi connectivity index (χ2n) is 23.2. The van der Waals surface area contributed by atoms with E-state index in [0.29, 0.717) is 0 Å². The van der Waals surface area contributed by atoms with E-state index in [1.165, 1.54) is 0 Å². The molecule has 0 rings (SSSR count). The molecule has 0 aliphatic rings. The Morgan fingerprint density at radius 3 is 0.576 bits per heavy atom. The SMILES string of the molecule is CN[C@@H](CCC(=O)NCC(CNC(=O)C(O)C(O)C(O)C(O)CO)(CNC(=O)C(O)C(O)C(O)C(O)CO)CNC(=O)C(O)C(O)C(O)C(O)CO)C(=O)NCC(CNC(=O)C(O)C(O)C(O)C(O)CO)(CNC(=O)C(O)C(O)C(O)C(O)CO)CNC(=O)C(O)C(O)C(O)C(O)CO. The Morgan fingerprint density at radius 1 is 0.253 bits per heavy atom. The Balaban J connectivity index is 7.82. The van der Waals surface area contributed by atoms with Gasteiger partial charge in [-0.15, -0.1) is 0 Å². The van der Waals surface area contributed by atoms with Gasteiger partial charge >= 0.3 is 0 Å². The van der Waals surface area contributed by atoms with Crippen LogP contribution in [0.2, 0.25) is 0 Å². The first-order chi connectivity index (χ1) is 46.0. The second kappa shape index (κ2) is 45.5. The molecule has 0 aromatic heterocycles. The molecule has 0 heterocycles. The van der Waals surface area contributed by atoms with Crippen LogP contribution in [0.25, 0.3) is 0 Å². The molecule has 0 fully saturated rings. The molecule has 0 spiro atoms. The van der Waals surface area contributed by atoms with Gasteiger partial charge in [0, 0.05) is 69.6 Å². The van der Waals surface area contributed by atoms with E-state index < -0.39 is 315 Å². The van der Waals surface area contributed by atoms with Gasteiger partial charge in [0.2, 0.25) is 11.8 Å². The van der Waals surface area contributed by atoms with Crippen molar-refractivity contribution < 1.29 is 192 Å². The van der Waals surface area contributed by atoms with E-state index in [-0.39, 0.29) is 0 Å². The van der Waals surface area contributed by atoms with E-state index in [0.717, 1.165) is 7.05 Å². The maximum Gasteiger partial charge on any atom is 0.251 e. The fourth-order valence-electron chi connectivity index (χ4n) is 8.54. The molecule has 0 bridgehead atoms. The number of hydrogen-bond donors (Lipinski definition) is 39. The van der Waals surface area contributed by atoms with Crippen molar-refractivity contribution in [2.24, 2.45) is 10.8 Å². The lowest BCUT2D eigenvalue weighted by atomic mass is 9.86. The van der Waals surface area contributed by atoms with Gasteiger partial charge in [0.25, 0.3) is 35.4 Å². The van der Waals surface area contributed by atoms with E-state index in [1.807, 2.05) is 31.9 Å². The van der Waals surface area contributed by atoms with Crippen molar-refractivity contribution in [1.82, 2.24) is 47.9 Å². The Labute approximate surface area is 560 Å². The van der Waals surface area contributed by atoms with Crippen LogP contribution in [0.4, 0.5) is 0 Å². The van der Waals surface area contributed by atoms with E-state index in [9.17, 15) is 192 Å². The van der Waals surface area contributed by atoms with Gasteiger partial charge in [-0.05, 0) is 13.5 Å². The third kappa shape index (κ3) is 29.1. The van der Waals surface area contributed by atoms with Crippen molar-refractivity contribution in [3.63, 3.8) is 0 Å². The highest BCUT2D eigenvalue weighted by atomic mass is 16.4. The van der Waals surface area contributed by atoms with Gasteiger partial charge in [0.1, 0.15) is 110 Å². The maximum absolute atomic E-state index is 14.1. The zero-order chi connectivity index (χ0) is 76.7. The molecule has 580 valence electrons. The average molecular weight is 1460 g/mol. The van der Waals surface area contributed by atoms with Crippen LogP contribution < -0.4 is 47.9 Å². The fourth-order valence-corrected chi connectivity index (χ4v) is 8.54. The molecule has 99 heavy (non-hydrogen) atoms. The number of hydrogen-bond acceptors (Lipinski definition) is 39. The molecule has 47 heteroatoms. The monoisotopic (exact) mass is 1460 g/mol. The Morgan fingerprint density at radius 2 is 0.414 bits per heavy atom. The van der Waals surface area contributed by atoms with E-state index in [2.05, 4.69) is 16.0 Å². The van der Waals surface area contributed by atoms with Gasteiger partial charge in [-0.2, -0.15) is 0 Å². The van der Waals surface area contributed by atoms with Gasteiger partial charge in [-0.3, -0.25) is 38.4 Å². The van der Waals surface area contributed by atoms with Crippen LogP contribution in [0.1, 0.15) is 12.8 Å². The number of rotatable bonds is 51. The summed E-state index contributed by atoms with van der Waals surface area (Å²) in [6.07, 6.45) is -61.3. The summed E-state index contributed by atoms with van der Waals surface area (Å²) in [5, 5.41) is 321. The number of carbonyl (C=O) groups excluding carboxylic acids is 8. The molecular weight excluding hydrogens is 1360 g/mol. The molecule has 0 aromatic carbocycles. The highest BCUT2D eigenvalue weighted by Gasteiger charge is 2.44. The van der Waals surface area contributed by atoms with Crippen LogP contribution in [0.15, 0.2) is 0 Å². The quantitative estimate of drug-likeness (QED) is 0.0269. The number of amides is 8. The lowest BCUT2D eigenvalue weighted by molar-refractivity contribution is -0.151. The fraction of sp³-hybridized carbons (Fsp3) is 0.846. The second-order valence-corrected chi connectivity index (χ2v) is 23.2. The molecule has 24 unspecified atom stereocenters. The van der Waals surface area contributed by atoms with Crippen LogP contribution >= 0.6 is 0 Å². The minimum atomic E-state index is -2.74. The predicted molar refractivity (Wildman–Crippen MR) is 318 cm³/mol. The van der Waals surface area contributed by atoms with E-state index in [1.54, 1.807) is 0 Å². The Kier molecular flexibility index (Phi) is 43.0. The summed E-state index contributed by atoms with van der Waals surface area (Å²) in [6, 6.07) is -1.63. The molecule has 47 nitrogen and oxygen atoms in total. The van der Waals surface area contributed by atoms with Crippen LogP contribution in [-0.2, 0) is 38.4 Å². The first-order valence-corrected chi connectivity index (χ1v) is 29.9. The van der Waals surface area contributed by atoms with Crippen LogP contribution in [0, 0.1) is 10.8 Å². The largest absolute Gasteiger partial charge is 0.394 e. The Bertz CT molecular complexity index is 2220. The molecule has 0 aliphatic carbocycles. The Hall–Kier alpha value is -5.48. The first kappa shape index (κ1) is 93.5. The van der Waals surface area contributed by atoms with Gasteiger partial charge in [-0.25, -0.2) is 0 Å². The van der Waals surface area contributed by atoms with Gasteiger partial charge < -0.3 is 201 Å². The zero-order valence-electron chi connectivity index (χ0n) is 52.9. The third-order valence-corrected chi connectivity index (χ3v) is 15.6. The van der Waals surface area contributed by atoms with Crippen molar-refractivity contribution in [3.8, 4) is 0 Å². The molecule has 0 radical (unpaired) electrons. The average Bonchev–Trinajstić information content (AvgIpc) is 0.838. The number of likely N-dealkylation sites (N-methyl/N-ethyl adjacent to an activating group) is 1. The molecule has 0 saturated carbocycles. The summed E-state index contributed by atoms with van der Waals surface area (Å²) in [6.45, 7) is -16.3. The van der Waals surface area contributed by atoms with Crippen molar-refractivity contribution in [2.45, 2.75) is 165 Å². The molecule has 0 aromatic rings. The summed E-state index contributed by atoms with van der Waals surface area (Å²) in [5.41, 5.74) is -4.67. The number of aliphatic hydroxyl groups is 30. The number of aliphatic hydroxyl groups excluding tert-OH is 30. The molecule has 25 atom stereocenters. The summed E-state index contributed by atoms with van der Waals surface area (Å²) in [7, 11) is 1.10. The third-order valence-electron chi connectivity index (χ3n) is 15.6. The number of nitrogens with one attached hydrogen (secondary N) is 9. The van der Waals surface area contributed by atoms with Crippen molar-refractivity contribution in [3.05, 3.63) is 0 Å². The van der Waals surface area contributed by atoms with Crippen LogP contribution in [-0.4, -0.2) is 452 Å². The van der Waals surface area contributed by atoms with Gasteiger partial charge in [0.15, 0.2) is 36.6 Å². The first-order valence-electron chi connectivity index (χ1n) is 29.9. The minimum Gasteiger partial charge on any atom is -0.394 e. The van der Waals surface area contributed by atoms with E-state index >= 15 is 0 Å². The lowest BCUT2D eigenvalue weighted by Gasteiger charge is -2.37. The highest BCUT2D eigenvalue weighted by Crippen LogP contribution is 2.20. The molecular formula is C52H99N9O38. The van der Waals surface area contributed by atoms with Crippen molar-refractivity contribution >= 4 is 47.3 Å². The minimum absolute atomic E-state index is 0.669. The summed E-state index contributed by atoms with van der Waals surface area (Å²) in [5.74, 6) is -12.5. The topological polar surface area (TPSA) is 852 Å². The molecule has 39 N–H and O–H groups in total. The summed E-state index contributed by atoms with van der Waals surface area (Å²) in [4.78, 5) is 108. The standard InChI is InChI=1S/C52H99N9O38/c1-53-18(44(93)55-11-52(15-59-48(97)41(90)35(84)29(78)22(71)7-65,16-60-49(98)42(91)36(85)30(79)23(72)8-66)17-61-50(99)43(92)37(86)31(80)24(73)9-67)2-3-25(74)54-10-51(12-56-45(94)38(87)32(81)26(75)19(68)4-62,13-57-46(95)39(88)33(82)27(76)20(69)5-63)14-58-47(96)40(89)34(83)28(77)21(70)6-64/h18-24,26-43,53,62-73,75-92H,2-17H2,1H3,(H,54,74)(H,55,93)(H,56,94)(H,57,95)(H,58,96)(H,59,97)(H,60,98)(H,61,99)/t18-,19?,20?,21?,22?,23?,24?,26?,27?,28?,29?,30?,31?,32?,33?,34?,35?,36?,37?,38?,39?,40?,41?,42?,43?,51?,52?/m0/s1. The number of carbonyl (C=O) groups is 8. The van der Waals surface area contributed by atoms with E-state index in [4.69, 9.17) is 0 Å². The summed E-state index contributed by atoms with van der Waals surface area (Å²) >= 11 is 0. The molecule has 8 amide bonds. The highest BCUT2D eigenvalue weighted by molar-refractivity contribution is 5.85. The smallest absolute Gasteiger partial charge is 0.251 e. The predicted octanol–water partition coefficient (Wildman–Crippen LogP) is -25.1. The molecule has 0 saturated heterocycles. The zero-order valence-corrected chi connectivity index (χ0v) is 52.9. The van der Waals surface area contributed by atoms with Gasteiger partial charge in [-0.1, -0.05) is 0 Å². The van der Waals surface area contributed by atoms with Gasteiger partial charge in [0.05, 0.1) is 45.7 Å². The summed E-state index contributed by atoms with van der Waals surface area (Å²) < 4.78 is 0.